The van der Waals surface area contributed by atoms with Crippen LogP contribution in [0.4, 0.5) is 9.18 Å². The maximum atomic E-state index is 13.7. The molecule has 0 radical (unpaired) electrons. The molecule has 0 aliphatic rings. The van der Waals surface area contributed by atoms with E-state index in [-0.39, 0.29) is 5.82 Å². The lowest BCUT2D eigenvalue weighted by Crippen LogP contribution is -2.35. The van der Waals surface area contributed by atoms with Gasteiger partial charge in [0.15, 0.2) is 0 Å². The lowest BCUT2D eigenvalue weighted by molar-refractivity contribution is 0.0512. The Labute approximate surface area is 146 Å². The van der Waals surface area contributed by atoms with Gasteiger partial charge in [-0.05, 0) is 44.5 Å². The molecule has 0 fully saturated rings. The van der Waals surface area contributed by atoms with E-state index >= 15 is 0 Å². The Morgan fingerprint density at radius 1 is 1.16 bits per heavy atom. The fraction of sp³-hybridized carbons (Fsp3) is 0.250. The zero-order valence-electron chi connectivity index (χ0n) is 14.5. The summed E-state index contributed by atoms with van der Waals surface area (Å²) in [6.45, 7) is 5.43. The van der Waals surface area contributed by atoms with Crippen molar-refractivity contribution in [1.82, 2.24) is 10.3 Å². The van der Waals surface area contributed by atoms with Crippen LogP contribution in [0, 0.1) is 5.82 Å². The first-order valence-electron chi connectivity index (χ1n) is 8.14. The second-order valence-corrected chi connectivity index (χ2v) is 6.92. The van der Waals surface area contributed by atoms with Gasteiger partial charge in [0.25, 0.3) is 0 Å². The molecule has 5 heteroatoms. The van der Waals surface area contributed by atoms with E-state index in [9.17, 15) is 9.18 Å². The minimum Gasteiger partial charge on any atom is -0.444 e. The van der Waals surface area contributed by atoms with E-state index in [1.54, 1.807) is 12.3 Å². The summed E-state index contributed by atoms with van der Waals surface area (Å²) in [4.78, 5) is 15.5. The van der Waals surface area contributed by atoms with E-state index in [1.165, 1.54) is 12.1 Å². The average Bonchev–Trinajstić information content (AvgIpc) is 2.94. The lowest BCUT2D eigenvalue weighted by Gasteiger charge is -2.24. The van der Waals surface area contributed by atoms with E-state index in [0.717, 1.165) is 22.0 Å². The van der Waals surface area contributed by atoms with Gasteiger partial charge in [-0.15, -0.1) is 0 Å². The summed E-state index contributed by atoms with van der Waals surface area (Å²) < 4.78 is 19.1. The molecule has 0 bridgehead atoms. The Kier molecular flexibility index (Phi) is 4.49. The van der Waals surface area contributed by atoms with Gasteiger partial charge in [-0.3, -0.25) is 0 Å². The second-order valence-electron chi connectivity index (χ2n) is 6.92. The van der Waals surface area contributed by atoms with Crippen molar-refractivity contribution in [2.24, 2.45) is 0 Å². The molecule has 0 aliphatic heterocycles. The molecule has 1 amide bonds. The zero-order valence-corrected chi connectivity index (χ0v) is 14.5. The first-order chi connectivity index (χ1) is 11.8. The monoisotopic (exact) mass is 340 g/mol. The fourth-order valence-electron chi connectivity index (χ4n) is 2.76. The van der Waals surface area contributed by atoms with E-state index < -0.39 is 17.7 Å². The molecule has 0 saturated carbocycles. The Bertz CT molecular complexity index is 882. The van der Waals surface area contributed by atoms with Crippen molar-refractivity contribution in [1.29, 1.82) is 0 Å². The highest BCUT2D eigenvalue weighted by atomic mass is 19.1. The quantitative estimate of drug-likeness (QED) is 0.711. The Hall–Kier alpha value is -2.82. The molecular weight excluding hydrogens is 319 g/mol. The zero-order chi connectivity index (χ0) is 18.0. The predicted octanol–water partition coefficient (Wildman–Crippen LogP) is 4.92. The number of H-pyrrole nitrogens is 1. The average molecular weight is 340 g/mol. The van der Waals surface area contributed by atoms with E-state index in [0.29, 0.717) is 0 Å². The Morgan fingerprint density at radius 2 is 1.88 bits per heavy atom. The van der Waals surface area contributed by atoms with Crippen molar-refractivity contribution in [2.45, 2.75) is 32.4 Å². The standard InChI is InChI=1S/C20H21FN2O2/c1-20(2,3)25-19(24)23-18(13-7-5-4-6-8-13)16-12-22-17-10-9-14(21)11-15(16)17/h4-12,18,22H,1-3H3,(H,23,24)/t18-/m0/s1. The number of rotatable bonds is 3. The molecule has 4 nitrogen and oxygen atoms in total. The van der Waals surface area contributed by atoms with Gasteiger partial charge in [0.2, 0.25) is 0 Å². The number of ether oxygens (including phenoxy) is 1. The number of hydrogen-bond acceptors (Lipinski definition) is 2. The Morgan fingerprint density at radius 3 is 2.56 bits per heavy atom. The van der Waals surface area contributed by atoms with Crippen molar-refractivity contribution < 1.29 is 13.9 Å². The van der Waals surface area contributed by atoms with Crippen LogP contribution in [0.1, 0.15) is 37.9 Å². The van der Waals surface area contributed by atoms with Crippen LogP contribution in [-0.2, 0) is 4.74 Å². The largest absolute Gasteiger partial charge is 0.444 e. The van der Waals surface area contributed by atoms with E-state index in [4.69, 9.17) is 4.74 Å². The van der Waals surface area contributed by atoms with Gasteiger partial charge in [0, 0.05) is 22.7 Å². The number of halogens is 1. The van der Waals surface area contributed by atoms with Crippen LogP contribution in [0.5, 0.6) is 0 Å². The molecule has 0 saturated heterocycles. The summed E-state index contributed by atoms with van der Waals surface area (Å²) in [5.74, 6) is -0.322. The minimum atomic E-state index is -0.600. The van der Waals surface area contributed by atoms with Crippen molar-refractivity contribution in [3.05, 3.63) is 71.7 Å². The number of carbonyl (C=O) groups excluding carboxylic acids is 1. The molecule has 0 spiro atoms. The SMILES string of the molecule is CC(C)(C)OC(=O)N[C@@H](c1ccccc1)c1c[nH]c2ccc(F)cc12. The molecule has 1 atom stereocenters. The summed E-state index contributed by atoms with van der Waals surface area (Å²) in [6, 6.07) is 13.6. The highest BCUT2D eigenvalue weighted by molar-refractivity contribution is 5.85. The first kappa shape index (κ1) is 17.0. The van der Waals surface area contributed by atoms with E-state index in [2.05, 4.69) is 10.3 Å². The molecule has 3 aromatic rings. The number of amides is 1. The molecule has 1 heterocycles. The highest BCUT2D eigenvalue weighted by Gasteiger charge is 2.23. The van der Waals surface area contributed by atoms with Crippen LogP contribution in [0.3, 0.4) is 0 Å². The minimum absolute atomic E-state index is 0.322. The van der Waals surface area contributed by atoms with Crippen LogP contribution in [-0.4, -0.2) is 16.7 Å². The summed E-state index contributed by atoms with van der Waals surface area (Å²) in [7, 11) is 0. The Balaban J connectivity index is 2.02. The number of carbonyl (C=O) groups is 1. The number of fused-ring (bicyclic) bond motifs is 1. The van der Waals surface area contributed by atoms with Crippen LogP contribution in [0.15, 0.2) is 54.7 Å². The first-order valence-corrected chi connectivity index (χ1v) is 8.14. The predicted molar refractivity (Wildman–Crippen MR) is 95.9 cm³/mol. The smallest absolute Gasteiger partial charge is 0.408 e. The highest BCUT2D eigenvalue weighted by Crippen LogP contribution is 2.30. The van der Waals surface area contributed by atoms with Gasteiger partial charge in [0.1, 0.15) is 11.4 Å². The molecule has 130 valence electrons. The second kappa shape index (κ2) is 6.59. The lowest BCUT2D eigenvalue weighted by atomic mass is 9.98. The van der Waals surface area contributed by atoms with Gasteiger partial charge in [0.05, 0.1) is 6.04 Å². The van der Waals surface area contributed by atoms with Crippen LogP contribution >= 0.6 is 0 Å². The molecule has 3 rings (SSSR count). The normalized spacial score (nSPS) is 12.8. The molecule has 2 N–H and O–H groups in total. The number of aromatic nitrogens is 1. The van der Waals surface area contributed by atoms with Gasteiger partial charge in [-0.2, -0.15) is 0 Å². The molecule has 2 aromatic carbocycles. The third-order valence-electron chi connectivity index (χ3n) is 3.78. The summed E-state index contributed by atoms with van der Waals surface area (Å²) >= 11 is 0. The van der Waals surface area contributed by atoms with Crippen molar-refractivity contribution >= 4 is 17.0 Å². The van der Waals surface area contributed by atoms with Crippen LogP contribution in [0.2, 0.25) is 0 Å². The molecule has 0 unspecified atom stereocenters. The van der Waals surface area contributed by atoms with Gasteiger partial charge in [-0.1, -0.05) is 30.3 Å². The third kappa shape index (κ3) is 3.99. The number of nitrogens with one attached hydrogen (secondary N) is 2. The molecule has 25 heavy (non-hydrogen) atoms. The summed E-state index contributed by atoms with van der Waals surface area (Å²) in [6.07, 6.45) is 1.27. The van der Waals surface area contributed by atoms with Crippen molar-refractivity contribution in [3.8, 4) is 0 Å². The summed E-state index contributed by atoms with van der Waals surface area (Å²) in [5, 5.41) is 3.63. The van der Waals surface area contributed by atoms with E-state index in [1.807, 2.05) is 51.1 Å². The number of hydrogen-bond donors (Lipinski definition) is 2. The topological polar surface area (TPSA) is 54.1 Å². The van der Waals surface area contributed by atoms with Crippen LogP contribution < -0.4 is 5.32 Å². The number of benzene rings is 2. The van der Waals surface area contributed by atoms with Gasteiger partial charge < -0.3 is 15.0 Å². The molecule has 0 aliphatic carbocycles. The maximum absolute atomic E-state index is 13.7. The van der Waals surface area contributed by atoms with Gasteiger partial charge >= 0.3 is 6.09 Å². The van der Waals surface area contributed by atoms with Crippen molar-refractivity contribution in [3.63, 3.8) is 0 Å². The molecular formula is C20H21FN2O2. The maximum Gasteiger partial charge on any atom is 0.408 e. The summed E-state index contributed by atoms with van der Waals surface area (Å²) in [5.41, 5.74) is 1.88. The van der Waals surface area contributed by atoms with Gasteiger partial charge in [-0.25, -0.2) is 9.18 Å². The fourth-order valence-corrected chi connectivity index (χ4v) is 2.76. The number of alkyl carbamates (subject to hydrolysis) is 1. The third-order valence-corrected chi connectivity index (χ3v) is 3.78. The van der Waals surface area contributed by atoms with Crippen LogP contribution in [0.25, 0.3) is 10.9 Å². The molecule has 1 aromatic heterocycles. The number of aromatic amines is 1. The van der Waals surface area contributed by atoms with Crippen molar-refractivity contribution in [2.75, 3.05) is 0 Å².